The molecular formula is C24H25FN2O3S. The number of hydrogen-bond acceptors (Lipinski definition) is 3. The molecule has 0 aliphatic heterocycles. The number of benzene rings is 3. The van der Waals surface area contributed by atoms with Crippen molar-refractivity contribution in [1.29, 1.82) is 0 Å². The van der Waals surface area contributed by atoms with E-state index >= 15 is 0 Å². The second-order valence-corrected chi connectivity index (χ2v) is 9.51. The average Bonchev–Trinajstić information content (AvgIpc) is 2.78. The molecular weight excluding hydrogens is 415 g/mol. The first-order valence-electron chi connectivity index (χ1n) is 9.89. The highest BCUT2D eigenvalue weighted by molar-refractivity contribution is 7.89. The maximum Gasteiger partial charge on any atom is 0.252 e. The molecule has 1 atom stereocenters. The number of amides is 1. The number of rotatable bonds is 7. The van der Waals surface area contributed by atoms with Crippen molar-refractivity contribution in [1.82, 2.24) is 9.62 Å². The maximum absolute atomic E-state index is 13.4. The van der Waals surface area contributed by atoms with E-state index in [-0.39, 0.29) is 22.3 Å². The third-order valence-electron chi connectivity index (χ3n) is 5.11. The number of nitrogens with one attached hydrogen (secondary N) is 1. The number of halogens is 1. The summed E-state index contributed by atoms with van der Waals surface area (Å²) in [6.45, 7) is 3.56. The fourth-order valence-electron chi connectivity index (χ4n) is 3.12. The Labute approximate surface area is 182 Å². The van der Waals surface area contributed by atoms with Gasteiger partial charge >= 0.3 is 0 Å². The van der Waals surface area contributed by atoms with Gasteiger partial charge in [-0.2, -0.15) is 4.31 Å². The zero-order valence-electron chi connectivity index (χ0n) is 17.6. The quantitative estimate of drug-likeness (QED) is 0.593. The van der Waals surface area contributed by atoms with Crippen molar-refractivity contribution < 1.29 is 17.6 Å². The summed E-state index contributed by atoms with van der Waals surface area (Å²) in [5.74, 6) is -0.795. The number of nitrogens with zero attached hydrogens (tertiary/aromatic N) is 1. The standard InChI is InChI=1S/C24H25FN2O3S/c1-17(2)27(3)31(29,30)22-11-7-10-20(16-22)24(28)26-23(18-8-5-4-6-9-18)19-12-14-21(25)15-13-19/h4-17,23H,1-3H3,(H,26,28). The number of sulfonamides is 1. The van der Waals surface area contributed by atoms with Crippen LogP contribution in [0.25, 0.3) is 0 Å². The van der Waals surface area contributed by atoms with Gasteiger partial charge in [0.1, 0.15) is 5.82 Å². The van der Waals surface area contributed by atoms with E-state index in [4.69, 9.17) is 0 Å². The van der Waals surface area contributed by atoms with Crippen LogP contribution in [0.2, 0.25) is 0 Å². The summed E-state index contributed by atoms with van der Waals surface area (Å²) in [6, 6.07) is 20.4. The molecule has 1 unspecified atom stereocenters. The zero-order chi connectivity index (χ0) is 22.6. The Morgan fingerprint density at radius 3 is 2.13 bits per heavy atom. The fourth-order valence-corrected chi connectivity index (χ4v) is 4.53. The van der Waals surface area contributed by atoms with Gasteiger partial charge in [0.15, 0.2) is 0 Å². The van der Waals surface area contributed by atoms with Gasteiger partial charge < -0.3 is 5.32 Å². The van der Waals surface area contributed by atoms with Crippen molar-refractivity contribution in [2.24, 2.45) is 0 Å². The topological polar surface area (TPSA) is 66.5 Å². The summed E-state index contributed by atoms with van der Waals surface area (Å²) in [5.41, 5.74) is 1.76. The molecule has 0 bridgehead atoms. The molecule has 0 saturated carbocycles. The molecule has 31 heavy (non-hydrogen) atoms. The first-order chi connectivity index (χ1) is 14.7. The van der Waals surface area contributed by atoms with Crippen molar-refractivity contribution in [3.63, 3.8) is 0 Å². The minimum absolute atomic E-state index is 0.0504. The maximum atomic E-state index is 13.4. The molecule has 0 saturated heterocycles. The third kappa shape index (κ3) is 5.18. The van der Waals surface area contributed by atoms with Crippen LogP contribution in [0, 0.1) is 5.82 Å². The first kappa shape index (κ1) is 22.7. The summed E-state index contributed by atoms with van der Waals surface area (Å²) in [6.07, 6.45) is 0. The molecule has 7 heteroatoms. The van der Waals surface area contributed by atoms with Gasteiger partial charge in [-0.1, -0.05) is 48.5 Å². The van der Waals surface area contributed by atoms with Gasteiger partial charge in [0.05, 0.1) is 10.9 Å². The molecule has 3 aromatic carbocycles. The Morgan fingerprint density at radius 1 is 0.903 bits per heavy atom. The van der Waals surface area contributed by atoms with E-state index in [0.717, 1.165) is 5.56 Å². The van der Waals surface area contributed by atoms with Crippen LogP contribution in [0.4, 0.5) is 4.39 Å². The summed E-state index contributed by atoms with van der Waals surface area (Å²) in [4.78, 5) is 13.1. The van der Waals surface area contributed by atoms with Crippen LogP contribution >= 0.6 is 0 Å². The van der Waals surface area contributed by atoms with Crippen LogP contribution in [0.15, 0.2) is 83.8 Å². The molecule has 1 amide bonds. The Bertz CT molecular complexity index is 1150. The highest BCUT2D eigenvalue weighted by atomic mass is 32.2. The van der Waals surface area contributed by atoms with E-state index in [1.54, 1.807) is 38.1 Å². The smallest absolute Gasteiger partial charge is 0.252 e. The van der Waals surface area contributed by atoms with Crippen LogP contribution in [0.1, 0.15) is 41.4 Å². The third-order valence-corrected chi connectivity index (χ3v) is 7.14. The lowest BCUT2D eigenvalue weighted by atomic mass is 9.98. The molecule has 1 N–H and O–H groups in total. The molecule has 3 aromatic rings. The summed E-state index contributed by atoms with van der Waals surface area (Å²) >= 11 is 0. The Hall–Kier alpha value is -3.03. The van der Waals surface area contributed by atoms with Gasteiger partial charge in [0.2, 0.25) is 10.0 Å². The highest BCUT2D eigenvalue weighted by Crippen LogP contribution is 2.24. The SMILES string of the molecule is CC(C)N(C)S(=O)(=O)c1cccc(C(=O)NC(c2ccccc2)c2ccc(F)cc2)c1. The van der Waals surface area contributed by atoms with E-state index in [0.29, 0.717) is 5.56 Å². The van der Waals surface area contributed by atoms with E-state index in [1.165, 1.54) is 35.6 Å². The van der Waals surface area contributed by atoms with Gasteiger partial charge in [0.25, 0.3) is 5.91 Å². The summed E-state index contributed by atoms with van der Waals surface area (Å²) in [5, 5.41) is 2.95. The van der Waals surface area contributed by atoms with Crippen LogP contribution in [-0.4, -0.2) is 31.7 Å². The predicted molar refractivity (Wildman–Crippen MR) is 119 cm³/mol. The predicted octanol–water partition coefficient (Wildman–Crippen LogP) is 4.37. The van der Waals surface area contributed by atoms with Crippen molar-refractivity contribution in [2.45, 2.75) is 30.8 Å². The minimum Gasteiger partial charge on any atom is -0.341 e. The zero-order valence-corrected chi connectivity index (χ0v) is 18.4. The van der Waals surface area contributed by atoms with Gasteiger partial charge in [-0.3, -0.25) is 4.79 Å². The highest BCUT2D eigenvalue weighted by Gasteiger charge is 2.25. The van der Waals surface area contributed by atoms with Crippen LogP contribution < -0.4 is 5.32 Å². The largest absolute Gasteiger partial charge is 0.341 e. The normalized spacial score (nSPS) is 12.7. The lowest BCUT2D eigenvalue weighted by Crippen LogP contribution is -2.33. The second kappa shape index (κ2) is 9.41. The fraction of sp³-hybridized carbons (Fsp3) is 0.208. The van der Waals surface area contributed by atoms with E-state index in [2.05, 4.69) is 5.32 Å². The van der Waals surface area contributed by atoms with Crippen LogP contribution in [0.3, 0.4) is 0 Å². The van der Waals surface area contributed by atoms with Crippen molar-refractivity contribution in [2.75, 3.05) is 7.05 Å². The van der Waals surface area contributed by atoms with Crippen molar-refractivity contribution in [3.8, 4) is 0 Å². The summed E-state index contributed by atoms with van der Waals surface area (Å²) < 4.78 is 40.3. The lowest BCUT2D eigenvalue weighted by molar-refractivity contribution is 0.0942. The van der Waals surface area contributed by atoms with Gasteiger partial charge in [0, 0.05) is 18.7 Å². The van der Waals surface area contributed by atoms with E-state index in [1.807, 2.05) is 30.3 Å². The van der Waals surface area contributed by atoms with Crippen LogP contribution in [-0.2, 0) is 10.0 Å². The van der Waals surface area contributed by atoms with Crippen LogP contribution in [0.5, 0.6) is 0 Å². The van der Waals surface area contributed by atoms with Gasteiger partial charge in [-0.15, -0.1) is 0 Å². The second-order valence-electron chi connectivity index (χ2n) is 7.51. The molecule has 0 radical (unpaired) electrons. The first-order valence-corrected chi connectivity index (χ1v) is 11.3. The Kier molecular flexibility index (Phi) is 6.87. The molecule has 0 heterocycles. The molecule has 5 nitrogen and oxygen atoms in total. The van der Waals surface area contributed by atoms with E-state index < -0.39 is 22.0 Å². The molecule has 0 aromatic heterocycles. The molecule has 0 aliphatic rings. The molecule has 0 aliphatic carbocycles. The molecule has 0 fully saturated rings. The molecule has 3 rings (SSSR count). The van der Waals surface area contributed by atoms with Gasteiger partial charge in [-0.25, -0.2) is 12.8 Å². The van der Waals surface area contributed by atoms with Crippen molar-refractivity contribution >= 4 is 15.9 Å². The molecule has 162 valence electrons. The lowest BCUT2D eigenvalue weighted by Gasteiger charge is -2.22. The number of carbonyl (C=O) groups excluding carboxylic acids is 1. The number of hydrogen-bond donors (Lipinski definition) is 1. The minimum atomic E-state index is -3.72. The average molecular weight is 441 g/mol. The van der Waals surface area contributed by atoms with E-state index in [9.17, 15) is 17.6 Å². The Morgan fingerprint density at radius 2 is 1.52 bits per heavy atom. The van der Waals surface area contributed by atoms with Gasteiger partial charge in [-0.05, 0) is 55.3 Å². The monoisotopic (exact) mass is 440 g/mol. The summed E-state index contributed by atoms with van der Waals surface area (Å²) in [7, 11) is -2.21. The van der Waals surface area contributed by atoms with Crippen molar-refractivity contribution in [3.05, 3.63) is 101 Å². The molecule has 0 spiro atoms. The Balaban J connectivity index is 1.93. The number of carbonyl (C=O) groups is 1.